The fraction of sp³-hybridized carbons (Fsp3) is 0.409. The molecule has 1 fully saturated rings. The summed E-state index contributed by atoms with van der Waals surface area (Å²) in [6.45, 7) is 5.28. The van der Waals surface area contributed by atoms with E-state index in [2.05, 4.69) is 49.5 Å². The lowest BCUT2D eigenvalue weighted by Crippen LogP contribution is -3.00. The molecule has 3 nitrogen and oxygen atoms in total. The molecule has 4 heteroatoms. The van der Waals surface area contributed by atoms with Gasteiger partial charge in [0, 0.05) is 18.4 Å². The number of rotatable bonds is 5. The zero-order valence-corrected chi connectivity index (χ0v) is 17.2. The summed E-state index contributed by atoms with van der Waals surface area (Å²) in [5, 5.41) is 0. The highest BCUT2D eigenvalue weighted by atomic mass is 79.9. The smallest absolute Gasteiger partial charge is 0.317 e. The lowest BCUT2D eigenvalue weighted by molar-refractivity contribution is -0.928. The molecule has 0 spiro atoms. The maximum atomic E-state index is 12.9. The van der Waals surface area contributed by atoms with Gasteiger partial charge < -0.3 is 26.2 Å². The van der Waals surface area contributed by atoms with Gasteiger partial charge in [-0.25, -0.2) is 0 Å². The molecule has 2 aromatic rings. The number of esters is 1. The second-order valence-electron chi connectivity index (χ2n) is 7.38. The van der Waals surface area contributed by atoms with Crippen molar-refractivity contribution in [2.24, 2.45) is 0 Å². The monoisotopic (exact) mass is 417 g/mol. The van der Waals surface area contributed by atoms with Crippen molar-refractivity contribution in [2.45, 2.75) is 31.7 Å². The van der Waals surface area contributed by atoms with Crippen molar-refractivity contribution in [3.05, 3.63) is 71.8 Å². The standard InChI is InChI=1S/C22H28NO2.BrH/c1-3-25-21(24)22(20-12-8-5-9-13-20)14-16-23(2,17-15-22)18-19-10-6-4-7-11-19;/h4-13H,3,14-18H2,1-2H3;1H/q+1;/p-1. The lowest BCUT2D eigenvalue weighted by atomic mass is 9.72. The van der Waals surface area contributed by atoms with Gasteiger partial charge in [-0.3, -0.25) is 4.79 Å². The highest BCUT2D eigenvalue weighted by Gasteiger charge is 2.48. The lowest BCUT2D eigenvalue weighted by Gasteiger charge is -2.45. The molecule has 1 heterocycles. The molecule has 1 saturated heterocycles. The van der Waals surface area contributed by atoms with Crippen LogP contribution >= 0.6 is 0 Å². The summed E-state index contributed by atoms with van der Waals surface area (Å²) in [5.41, 5.74) is 1.96. The van der Waals surface area contributed by atoms with E-state index in [0.717, 1.165) is 42.5 Å². The minimum atomic E-state index is -0.494. The van der Waals surface area contributed by atoms with Crippen LogP contribution in [-0.2, 0) is 21.5 Å². The Morgan fingerprint density at radius 3 is 2.08 bits per heavy atom. The van der Waals surface area contributed by atoms with Gasteiger partial charge in [0.05, 0.1) is 26.7 Å². The predicted octanol–water partition coefficient (Wildman–Crippen LogP) is 0.932. The summed E-state index contributed by atoms with van der Waals surface area (Å²) >= 11 is 0. The number of likely N-dealkylation sites (tertiary alicyclic amines) is 1. The van der Waals surface area contributed by atoms with E-state index in [4.69, 9.17) is 4.74 Å². The molecule has 0 saturated carbocycles. The number of benzene rings is 2. The number of nitrogens with zero attached hydrogens (tertiary/aromatic N) is 1. The van der Waals surface area contributed by atoms with Crippen LogP contribution < -0.4 is 17.0 Å². The second kappa shape index (κ2) is 8.83. The van der Waals surface area contributed by atoms with Crippen molar-refractivity contribution >= 4 is 5.97 Å². The highest BCUT2D eigenvalue weighted by molar-refractivity contribution is 5.83. The van der Waals surface area contributed by atoms with Crippen molar-refractivity contribution < 1.29 is 31.0 Å². The normalized spacial score (nSPS) is 25.2. The maximum absolute atomic E-state index is 12.9. The van der Waals surface area contributed by atoms with Gasteiger partial charge in [0.2, 0.25) is 0 Å². The quantitative estimate of drug-likeness (QED) is 0.534. The fourth-order valence-electron chi connectivity index (χ4n) is 3.98. The van der Waals surface area contributed by atoms with Crippen molar-refractivity contribution in [2.75, 3.05) is 26.7 Å². The number of hydrogen-bond donors (Lipinski definition) is 0. The van der Waals surface area contributed by atoms with Gasteiger partial charge in [-0.05, 0) is 12.5 Å². The molecule has 0 unspecified atom stereocenters. The van der Waals surface area contributed by atoms with Crippen LogP contribution in [0.1, 0.15) is 30.9 Å². The van der Waals surface area contributed by atoms with E-state index >= 15 is 0 Å². The minimum Gasteiger partial charge on any atom is -1.00 e. The first-order valence-electron chi connectivity index (χ1n) is 9.18. The molecule has 0 amide bonds. The summed E-state index contributed by atoms with van der Waals surface area (Å²) in [5.74, 6) is -0.0628. The average molecular weight is 418 g/mol. The molecular weight excluding hydrogens is 390 g/mol. The first-order valence-corrected chi connectivity index (χ1v) is 9.18. The van der Waals surface area contributed by atoms with Crippen LogP contribution in [-0.4, -0.2) is 37.2 Å². The SMILES string of the molecule is CCOC(=O)C1(c2ccccc2)CC[N+](C)(Cc2ccccc2)CC1.[Br-]. The van der Waals surface area contributed by atoms with Gasteiger partial charge in [-0.2, -0.15) is 0 Å². The number of ether oxygens (including phenoxy) is 1. The van der Waals surface area contributed by atoms with Gasteiger partial charge >= 0.3 is 5.97 Å². The summed E-state index contributed by atoms with van der Waals surface area (Å²) in [7, 11) is 2.30. The fourth-order valence-corrected chi connectivity index (χ4v) is 3.98. The third-order valence-corrected chi connectivity index (χ3v) is 5.56. The molecule has 140 valence electrons. The molecule has 1 aliphatic rings. The number of halogens is 1. The van der Waals surface area contributed by atoms with E-state index in [1.807, 2.05) is 25.1 Å². The molecular formula is C22H28BrNO2. The van der Waals surface area contributed by atoms with E-state index in [1.54, 1.807) is 0 Å². The van der Waals surface area contributed by atoms with Crippen molar-refractivity contribution in [1.82, 2.24) is 0 Å². The van der Waals surface area contributed by atoms with E-state index in [9.17, 15) is 4.79 Å². The van der Waals surface area contributed by atoms with Crippen LogP contribution in [0.25, 0.3) is 0 Å². The summed E-state index contributed by atoms with van der Waals surface area (Å²) in [6, 6.07) is 20.8. The summed E-state index contributed by atoms with van der Waals surface area (Å²) in [4.78, 5) is 12.9. The predicted molar refractivity (Wildman–Crippen MR) is 100 cm³/mol. The third kappa shape index (κ3) is 4.36. The van der Waals surface area contributed by atoms with Gasteiger partial charge in [0.25, 0.3) is 0 Å². The molecule has 0 aliphatic carbocycles. The molecule has 0 radical (unpaired) electrons. The Balaban J connectivity index is 0.00000243. The molecule has 0 bridgehead atoms. The molecule has 1 aliphatic heterocycles. The third-order valence-electron chi connectivity index (χ3n) is 5.56. The molecule has 0 N–H and O–H groups in total. The zero-order chi connectivity index (χ0) is 17.8. The first kappa shape index (κ1) is 20.7. The summed E-state index contributed by atoms with van der Waals surface area (Å²) < 4.78 is 6.45. The highest BCUT2D eigenvalue weighted by Crippen LogP contribution is 2.39. The van der Waals surface area contributed by atoms with E-state index in [1.165, 1.54) is 5.56 Å². The van der Waals surface area contributed by atoms with E-state index < -0.39 is 5.41 Å². The Morgan fingerprint density at radius 1 is 1.00 bits per heavy atom. The van der Waals surface area contributed by atoms with Crippen LogP contribution in [0.15, 0.2) is 60.7 Å². The molecule has 2 aromatic carbocycles. The van der Waals surface area contributed by atoms with Crippen molar-refractivity contribution in [3.8, 4) is 0 Å². The van der Waals surface area contributed by atoms with Crippen molar-refractivity contribution in [1.29, 1.82) is 0 Å². The second-order valence-corrected chi connectivity index (χ2v) is 7.38. The number of quaternary nitrogens is 1. The Hall–Kier alpha value is -1.65. The first-order chi connectivity index (χ1) is 12.1. The van der Waals surface area contributed by atoms with Crippen LogP contribution in [0.5, 0.6) is 0 Å². The minimum absolute atomic E-state index is 0. The Labute approximate surface area is 167 Å². The van der Waals surface area contributed by atoms with Gasteiger partial charge in [0.1, 0.15) is 12.0 Å². The number of piperidine rings is 1. The number of carbonyl (C=O) groups is 1. The van der Waals surface area contributed by atoms with E-state index in [0.29, 0.717) is 6.61 Å². The summed E-state index contributed by atoms with van der Waals surface area (Å²) in [6.07, 6.45) is 1.67. The largest absolute Gasteiger partial charge is 1.00 e. The number of hydrogen-bond acceptors (Lipinski definition) is 2. The Kier molecular flexibility index (Phi) is 7.01. The Morgan fingerprint density at radius 2 is 1.54 bits per heavy atom. The van der Waals surface area contributed by atoms with Crippen LogP contribution in [0.3, 0.4) is 0 Å². The number of carbonyl (C=O) groups excluding carboxylic acids is 1. The molecule has 0 aromatic heterocycles. The van der Waals surface area contributed by atoms with Crippen LogP contribution in [0.4, 0.5) is 0 Å². The van der Waals surface area contributed by atoms with Crippen molar-refractivity contribution in [3.63, 3.8) is 0 Å². The van der Waals surface area contributed by atoms with Gasteiger partial charge in [-0.1, -0.05) is 60.7 Å². The zero-order valence-electron chi connectivity index (χ0n) is 15.7. The average Bonchev–Trinajstić information content (AvgIpc) is 2.64. The van der Waals surface area contributed by atoms with Gasteiger partial charge in [-0.15, -0.1) is 0 Å². The molecule has 3 rings (SSSR count). The topological polar surface area (TPSA) is 26.3 Å². The van der Waals surface area contributed by atoms with Crippen LogP contribution in [0.2, 0.25) is 0 Å². The Bertz CT molecular complexity index is 695. The molecule has 0 atom stereocenters. The maximum Gasteiger partial charge on any atom is 0.317 e. The van der Waals surface area contributed by atoms with E-state index in [-0.39, 0.29) is 23.0 Å². The molecule has 26 heavy (non-hydrogen) atoms. The van der Waals surface area contributed by atoms with Gasteiger partial charge in [0.15, 0.2) is 0 Å². The van der Waals surface area contributed by atoms with Crippen LogP contribution in [0, 0.1) is 0 Å².